The molecule has 0 radical (unpaired) electrons. The molecule has 2 aromatic rings. The third kappa shape index (κ3) is 3.66. The minimum atomic E-state index is -0.956. The Balaban J connectivity index is 1.80. The smallest absolute Gasteiger partial charge is 0.339 e. The van der Waals surface area contributed by atoms with E-state index in [4.69, 9.17) is 9.52 Å². The van der Waals surface area contributed by atoms with E-state index in [1.807, 2.05) is 18.3 Å². The van der Waals surface area contributed by atoms with Crippen LogP contribution < -0.4 is 5.32 Å². The molecule has 19 heavy (non-hydrogen) atoms. The van der Waals surface area contributed by atoms with Crippen LogP contribution in [0.5, 0.6) is 0 Å². The first-order valence-corrected chi connectivity index (χ1v) is 6.09. The first-order valence-electron chi connectivity index (χ1n) is 6.09. The lowest BCUT2D eigenvalue weighted by molar-refractivity contribution is 0.0695. The van der Waals surface area contributed by atoms with E-state index in [1.165, 1.54) is 0 Å². The highest BCUT2D eigenvalue weighted by atomic mass is 16.4. The Bertz CT molecular complexity index is 549. The molecule has 2 rings (SSSR count). The van der Waals surface area contributed by atoms with Crippen LogP contribution in [0, 0.1) is 6.92 Å². The number of aromatic carboxylic acids is 1. The van der Waals surface area contributed by atoms with E-state index in [-0.39, 0.29) is 5.56 Å². The standard InChI is InChI=1S/C14H16N2O3/c1-10-13(14(17)18)7-12(19-10)9-16-6-4-11-3-2-5-15-8-11/h2-3,5,7-8,16H,4,6,9H2,1H3,(H,17,18). The summed E-state index contributed by atoms with van der Waals surface area (Å²) in [7, 11) is 0. The van der Waals surface area contributed by atoms with Crippen molar-refractivity contribution in [2.75, 3.05) is 6.54 Å². The molecule has 0 saturated carbocycles. The van der Waals surface area contributed by atoms with E-state index < -0.39 is 5.97 Å². The predicted molar refractivity (Wildman–Crippen MR) is 70.1 cm³/mol. The van der Waals surface area contributed by atoms with Gasteiger partial charge < -0.3 is 14.8 Å². The van der Waals surface area contributed by atoms with Gasteiger partial charge in [-0.2, -0.15) is 0 Å². The molecule has 0 unspecified atom stereocenters. The van der Waals surface area contributed by atoms with Crippen LogP contribution in [0.3, 0.4) is 0 Å². The van der Waals surface area contributed by atoms with Gasteiger partial charge in [0.25, 0.3) is 0 Å². The summed E-state index contributed by atoms with van der Waals surface area (Å²) in [6.45, 7) is 2.96. The van der Waals surface area contributed by atoms with Crippen molar-refractivity contribution < 1.29 is 14.3 Å². The Morgan fingerprint density at radius 3 is 3.00 bits per heavy atom. The number of hydrogen-bond acceptors (Lipinski definition) is 4. The Morgan fingerprint density at radius 2 is 2.37 bits per heavy atom. The number of aryl methyl sites for hydroxylation is 1. The van der Waals surface area contributed by atoms with Crippen LogP contribution in [0.2, 0.25) is 0 Å². The lowest BCUT2D eigenvalue weighted by Crippen LogP contribution is -2.16. The Kier molecular flexibility index (Phi) is 4.30. The largest absolute Gasteiger partial charge is 0.478 e. The topological polar surface area (TPSA) is 75.4 Å². The molecule has 0 aliphatic carbocycles. The van der Waals surface area contributed by atoms with Gasteiger partial charge in [-0.05, 0) is 37.6 Å². The highest BCUT2D eigenvalue weighted by Crippen LogP contribution is 2.14. The van der Waals surface area contributed by atoms with Gasteiger partial charge in [-0.1, -0.05) is 6.07 Å². The van der Waals surface area contributed by atoms with Gasteiger partial charge in [0.1, 0.15) is 17.1 Å². The molecule has 0 amide bonds. The molecule has 0 bridgehead atoms. The van der Waals surface area contributed by atoms with Gasteiger partial charge in [-0.15, -0.1) is 0 Å². The molecule has 2 N–H and O–H groups in total. The van der Waals surface area contributed by atoms with Crippen molar-refractivity contribution in [1.29, 1.82) is 0 Å². The molecule has 5 nitrogen and oxygen atoms in total. The van der Waals surface area contributed by atoms with Crippen LogP contribution in [0.1, 0.15) is 27.4 Å². The van der Waals surface area contributed by atoms with Gasteiger partial charge in [0, 0.05) is 12.4 Å². The summed E-state index contributed by atoms with van der Waals surface area (Å²) in [5.74, 6) is 0.125. The van der Waals surface area contributed by atoms with Crippen molar-refractivity contribution in [3.8, 4) is 0 Å². The molecule has 5 heteroatoms. The monoisotopic (exact) mass is 260 g/mol. The highest BCUT2D eigenvalue weighted by Gasteiger charge is 2.12. The first kappa shape index (κ1) is 13.3. The number of carboxylic acids is 1. The third-order valence-electron chi connectivity index (χ3n) is 2.81. The molecule has 0 fully saturated rings. The lowest BCUT2D eigenvalue weighted by atomic mass is 10.2. The van der Waals surface area contributed by atoms with E-state index in [9.17, 15) is 4.79 Å². The van der Waals surface area contributed by atoms with E-state index in [1.54, 1.807) is 19.2 Å². The second-order valence-corrected chi connectivity index (χ2v) is 4.28. The van der Waals surface area contributed by atoms with Crippen molar-refractivity contribution in [1.82, 2.24) is 10.3 Å². The fraction of sp³-hybridized carbons (Fsp3) is 0.286. The van der Waals surface area contributed by atoms with Crippen LogP contribution in [0.4, 0.5) is 0 Å². The molecular formula is C14H16N2O3. The summed E-state index contributed by atoms with van der Waals surface area (Å²) < 4.78 is 5.37. The van der Waals surface area contributed by atoms with Gasteiger partial charge in [0.2, 0.25) is 0 Å². The second-order valence-electron chi connectivity index (χ2n) is 4.28. The van der Waals surface area contributed by atoms with Crippen LogP contribution in [-0.2, 0) is 13.0 Å². The molecule has 0 atom stereocenters. The molecule has 2 heterocycles. The number of nitrogens with zero attached hydrogens (tertiary/aromatic N) is 1. The fourth-order valence-electron chi connectivity index (χ4n) is 1.83. The normalized spacial score (nSPS) is 10.6. The Labute approximate surface area is 111 Å². The Morgan fingerprint density at radius 1 is 1.53 bits per heavy atom. The van der Waals surface area contributed by atoms with Crippen LogP contribution in [0.15, 0.2) is 35.0 Å². The Hall–Kier alpha value is -2.14. The van der Waals surface area contributed by atoms with Crippen molar-refractivity contribution in [3.63, 3.8) is 0 Å². The second kappa shape index (κ2) is 6.15. The summed E-state index contributed by atoms with van der Waals surface area (Å²) in [6, 6.07) is 5.49. The number of aromatic nitrogens is 1. The highest BCUT2D eigenvalue weighted by molar-refractivity contribution is 5.88. The van der Waals surface area contributed by atoms with Gasteiger partial charge in [0.05, 0.1) is 6.54 Å². The molecule has 0 aromatic carbocycles. The summed E-state index contributed by atoms with van der Waals surface area (Å²) >= 11 is 0. The number of carboxylic acid groups (broad SMARTS) is 1. The molecule has 0 aliphatic heterocycles. The van der Waals surface area contributed by atoms with Crippen molar-refractivity contribution >= 4 is 5.97 Å². The zero-order valence-corrected chi connectivity index (χ0v) is 10.7. The number of pyridine rings is 1. The van der Waals surface area contributed by atoms with Crippen molar-refractivity contribution in [2.45, 2.75) is 19.9 Å². The predicted octanol–water partition coefficient (Wildman–Crippen LogP) is 2.01. The van der Waals surface area contributed by atoms with E-state index in [0.29, 0.717) is 18.1 Å². The van der Waals surface area contributed by atoms with Crippen LogP contribution in [0.25, 0.3) is 0 Å². The number of furan rings is 1. The van der Waals surface area contributed by atoms with Gasteiger partial charge in [-0.25, -0.2) is 4.79 Å². The molecule has 0 saturated heterocycles. The average Bonchev–Trinajstić information content (AvgIpc) is 2.77. The van der Waals surface area contributed by atoms with Crippen LogP contribution in [-0.4, -0.2) is 22.6 Å². The first-order chi connectivity index (χ1) is 9.16. The summed E-state index contributed by atoms with van der Waals surface area (Å²) in [4.78, 5) is 14.9. The molecule has 100 valence electrons. The molecular weight excluding hydrogens is 244 g/mol. The molecule has 2 aromatic heterocycles. The summed E-state index contributed by atoms with van der Waals surface area (Å²) in [6.07, 6.45) is 4.45. The third-order valence-corrected chi connectivity index (χ3v) is 2.81. The lowest BCUT2D eigenvalue weighted by Gasteiger charge is -2.02. The number of carbonyl (C=O) groups is 1. The average molecular weight is 260 g/mol. The number of rotatable bonds is 6. The molecule has 0 aliphatic rings. The molecule has 0 spiro atoms. The van der Waals surface area contributed by atoms with Gasteiger partial charge in [0.15, 0.2) is 0 Å². The summed E-state index contributed by atoms with van der Waals surface area (Å²) in [5, 5.41) is 12.1. The number of nitrogens with one attached hydrogen (secondary N) is 1. The van der Waals surface area contributed by atoms with Crippen molar-refractivity contribution in [2.24, 2.45) is 0 Å². The minimum Gasteiger partial charge on any atom is -0.478 e. The van der Waals surface area contributed by atoms with Crippen LogP contribution >= 0.6 is 0 Å². The zero-order valence-electron chi connectivity index (χ0n) is 10.7. The fourth-order valence-corrected chi connectivity index (χ4v) is 1.83. The minimum absolute atomic E-state index is 0.226. The SMILES string of the molecule is Cc1oc(CNCCc2cccnc2)cc1C(=O)O. The van der Waals surface area contributed by atoms with E-state index in [2.05, 4.69) is 10.3 Å². The zero-order chi connectivity index (χ0) is 13.7. The maximum Gasteiger partial charge on any atom is 0.339 e. The maximum atomic E-state index is 10.9. The van der Waals surface area contributed by atoms with Gasteiger partial charge >= 0.3 is 5.97 Å². The van der Waals surface area contributed by atoms with E-state index in [0.717, 1.165) is 18.5 Å². The number of hydrogen-bond donors (Lipinski definition) is 2. The quantitative estimate of drug-likeness (QED) is 0.777. The summed E-state index contributed by atoms with van der Waals surface area (Å²) in [5.41, 5.74) is 1.39. The van der Waals surface area contributed by atoms with Crippen molar-refractivity contribution in [3.05, 3.63) is 53.2 Å². The van der Waals surface area contributed by atoms with E-state index >= 15 is 0 Å². The van der Waals surface area contributed by atoms with Gasteiger partial charge in [-0.3, -0.25) is 4.98 Å². The maximum absolute atomic E-state index is 10.9.